The van der Waals surface area contributed by atoms with Crippen LogP contribution in [0.1, 0.15) is 52.7 Å². The van der Waals surface area contributed by atoms with Crippen molar-refractivity contribution < 1.29 is 18.7 Å². The highest BCUT2D eigenvalue weighted by atomic mass is 16.5. The number of rotatable bonds is 10. The van der Waals surface area contributed by atoms with Crippen molar-refractivity contribution in [3.63, 3.8) is 0 Å². The van der Waals surface area contributed by atoms with E-state index in [1.54, 1.807) is 11.0 Å². The zero-order chi connectivity index (χ0) is 27.5. The quantitative estimate of drug-likeness (QED) is 0.274. The highest BCUT2D eigenvalue weighted by Crippen LogP contribution is 2.41. The maximum atomic E-state index is 13.9. The summed E-state index contributed by atoms with van der Waals surface area (Å²) < 4.78 is 18.2. The van der Waals surface area contributed by atoms with Crippen LogP contribution in [0.3, 0.4) is 0 Å². The summed E-state index contributed by atoms with van der Waals surface area (Å²) in [5.74, 6) is 1.01. The number of carbonyl (C=O) groups is 1. The van der Waals surface area contributed by atoms with E-state index in [0.29, 0.717) is 54.3 Å². The van der Waals surface area contributed by atoms with Gasteiger partial charge in [0.05, 0.1) is 23.6 Å². The number of likely N-dealkylation sites (N-methyl/N-ethyl adjacent to an activating group) is 1. The van der Waals surface area contributed by atoms with Crippen molar-refractivity contribution in [1.29, 1.82) is 0 Å². The molecular weight excluding hydrogens is 492 g/mol. The van der Waals surface area contributed by atoms with Crippen molar-refractivity contribution in [2.45, 2.75) is 32.9 Å². The molecule has 39 heavy (non-hydrogen) atoms. The third-order valence-corrected chi connectivity index (χ3v) is 7.05. The predicted molar refractivity (Wildman–Crippen MR) is 152 cm³/mol. The Morgan fingerprint density at radius 2 is 1.69 bits per heavy atom. The fraction of sp³-hybridized carbons (Fsp3) is 0.312. The molecule has 7 nitrogen and oxygen atoms in total. The summed E-state index contributed by atoms with van der Waals surface area (Å²) in [5.41, 5.74) is 3.49. The lowest BCUT2D eigenvalue weighted by atomic mass is 9.97. The van der Waals surface area contributed by atoms with Crippen LogP contribution in [-0.2, 0) is 13.0 Å². The van der Waals surface area contributed by atoms with Gasteiger partial charge in [-0.1, -0.05) is 49.4 Å². The third kappa shape index (κ3) is 5.27. The molecule has 4 aromatic rings. The van der Waals surface area contributed by atoms with E-state index in [4.69, 9.17) is 13.9 Å². The Bertz CT molecular complexity index is 1540. The van der Waals surface area contributed by atoms with Crippen LogP contribution in [-0.4, -0.2) is 49.5 Å². The number of fused-ring (bicyclic) bond motifs is 2. The number of carbonyl (C=O) groups excluding carboxylic acids is 1. The predicted octanol–water partition coefficient (Wildman–Crippen LogP) is 5.44. The molecule has 0 spiro atoms. The molecule has 5 rings (SSSR count). The summed E-state index contributed by atoms with van der Waals surface area (Å²) in [6.07, 6.45) is 0.798. The molecule has 1 unspecified atom stereocenters. The van der Waals surface area contributed by atoms with Crippen LogP contribution >= 0.6 is 0 Å². The Kier molecular flexibility index (Phi) is 7.70. The zero-order valence-corrected chi connectivity index (χ0v) is 22.9. The van der Waals surface area contributed by atoms with Gasteiger partial charge in [-0.3, -0.25) is 9.59 Å². The van der Waals surface area contributed by atoms with Crippen molar-refractivity contribution in [2.75, 3.05) is 33.8 Å². The molecule has 0 aliphatic carbocycles. The van der Waals surface area contributed by atoms with Gasteiger partial charge in [0.2, 0.25) is 5.76 Å². The summed E-state index contributed by atoms with van der Waals surface area (Å²) in [6, 6.07) is 20.6. The van der Waals surface area contributed by atoms with E-state index >= 15 is 0 Å². The molecule has 7 heteroatoms. The van der Waals surface area contributed by atoms with Gasteiger partial charge < -0.3 is 23.7 Å². The molecule has 1 atom stereocenters. The van der Waals surface area contributed by atoms with E-state index in [-0.39, 0.29) is 17.1 Å². The average molecular weight is 527 g/mol. The molecular formula is C32H34N2O5. The Morgan fingerprint density at radius 3 is 2.41 bits per heavy atom. The minimum Gasteiger partial charge on any atom is -0.490 e. The summed E-state index contributed by atoms with van der Waals surface area (Å²) in [7, 11) is 3.91. The lowest BCUT2D eigenvalue weighted by molar-refractivity contribution is 0.0716. The van der Waals surface area contributed by atoms with Crippen LogP contribution in [0.25, 0.3) is 11.0 Å². The van der Waals surface area contributed by atoms with Gasteiger partial charge >= 0.3 is 0 Å². The number of hydrogen-bond acceptors (Lipinski definition) is 6. The molecule has 0 fully saturated rings. The summed E-state index contributed by atoms with van der Waals surface area (Å²) in [6.45, 7) is 5.88. The molecule has 0 saturated carbocycles. The molecule has 1 aromatic heterocycles. The number of aryl methyl sites for hydroxylation is 1. The molecule has 1 aliphatic rings. The fourth-order valence-corrected chi connectivity index (χ4v) is 4.99. The average Bonchev–Trinajstić information content (AvgIpc) is 3.23. The maximum absolute atomic E-state index is 13.9. The van der Waals surface area contributed by atoms with E-state index in [1.165, 1.54) is 0 Å². The zero-order valence-electron chi connectivity index (χ0n) is 22.9. The number of ether oxygens (including phenoxy) is 2. The largest absolute Gasteiger partial charge is 0.490 e. The summed E-state index contributed by atoms with van der Waals surface area (Å²) in [4.78, 5) is 31.3. The van der Waals surface area contributed by atoms with Gasteiger partial charge in [0.25, 0.3) is 5.91 Å². The summed E-state index contributed by atoms with van der Waals surface area (Å²) >= 11 is 0. The molecule has 2 heterocycles. The van der Waals surface area contributed by atoms with E-state index in [2.05, 4.69) is 0 Å². The van der Waals surface area contributed by atoms with Crippen LogP contribution < -0.4 is 14.9 Å². The maximum Gasteiger partial charge on any atom is 0.290 e. The van der Waals surface area contributed by atoms with Gasteiger partial charge in [-0.05, 0) is 68.4 Å². The molecule has 1 amide bonds. The van der Waals surface area contributed by atoms with Gasteiger partial charge in [0.1, 0.15) is 12.2 Å². The fourth-order valence-electron chi connectivity index (χ4n) is 4.99. The highest BCUT2D eigenvalue weighted by Gasteiger charge is 2.42. The van der Waals surface area contributed by atoms with Crippen LogP contribution in [0.4, 0.5) is 0 Å². The Morgan fingerprint density at radius 1 is 0.897 bits per heavy atom. The van der Waals surface area contributed by atoms with Crippen molar-refractivity contribution in [3.05, 3.63) is 105 Å². The first-order chi connectivity index (χ1) is 18.9. The van der Waals surface area contributed by atoms with E-state index in [0.717, 1.165) is 23.1 Å². The van der Waals surface area contributed by atoms with Crippen LogP contribution in [0.15, 0.2) is 75.9 Å². The molecule has 1 aliphatic heterocycles. The molecule has 0 N–H and O–H groups in total. The third-order valence-electron chi connectivity index (χ3n) is 7.05. The van der Waals surface area contributed by atoms with E-state index in [9.17, 15) is 9.59 Å². The first-order valence-electron chi connectivity index (χ1n) is 13.4. The second kappa shape index (κ2) is 11.3. The van der Waals surface area contributed by atoms with Crippen LogP contribution in [0.2, 0.25) is 0 Å². The molecule has 0 bridgehead atoms. The first kappa shape index (κ1) is 26.5. The van der Waals surface area contributed by atoms with E-state index in [1.807, 2.05) is 93.5 Å². The van der Waals surface area contributed by atoms with E-state index < -0.39 is 6.04 Å². The standard InChI is InChI=1S/C32H34N2O5/c1-5-21-12-14-25-24(18-21)30(35)28-29(34(17-16-33(3)4)32(36)31(28)39-25)23-13-15-26(27(19-23)37-6-2)38-20-22-10-8-7-9-11-22/h7-15,18-19,29H,5-6,16-17,20H2,1-4H3. The minimum atomic E-state index is -0.597. The lowest BCUT2D eigenvalue weighted by Crippen LogP contribution is -2.35. The monoisotopic (exact) mass is 526 g/mol. The summed E-state index contributed by atoms with van der Waals surface area (Å²) in [5, 5.41) is 0.494. The minimum absolute atomic E-state index is 0.114. The molecule has 202 valence electrons. The number of hydrogen-bond donors (Lipinski definition) is 0. The lowest BCUT2D eigenvalue weighted by Gasteiger charge is -2.27. The van der Waals surface area contributed by atoms with Crippen molar-refractivity contribution >= 4 is 16.9 Å². The van der Waals surface area contributed by atoms with Gasteiger partial charge in [-0.25, -0.2) is 0 Å². The Hall–Kier alpha value is -4.10. The molecule has 0 saturated heterocycles. The highest BCUT2D eigenvalue weighted by molar-refractivity contribution is 5.99. The van der Waals surface area contributed by atoms with Gasteiger partial charge in [0, 0.05) is 13.1 Å². The van der Waals surface area contributed by atoms with Gasteiger partial charge in [-0.2, -0.15) is 0 Å². The normalized spacial score (nSPS) is 14.7. The van der Waals surface area contributed by atoms with Crippen molar-refractivity contribution in [1.82, 2.24) is 9.80 Å². The first-order valence-corrected chi connectivity index (χ1v) is 13.4. The van der Waals surface area contributed by atoms with Crippen molar-refractivity contribution in [2.24, 2.45) is 0 Å². The number of nitrogens with zero attached hydrogens (tertiary/aromatic N) is 2. The number of amides is 1. The SMILES string of the molecule is CCOc1cc(C2c3c(oc4ccc(CC)cc4c3=O)C(=O)N2CCN(C)C)ccc1OCc1ccccc1. The Balaban J connectivity index is 1.60. The van der Waals surface area contributed by atoms with Gasteiger partial charge in [-0.15, -0.1) is 0 Å². The van der Waals surface area contributed by atoms with Crippen LogP contribution in [0, 0.1) is 0 Å². The number of benzene rings is 3. The second-order valence-electron chi connectivity index (χ2n) is 9.98. The van der Waals surface area contributed by atoms with Crippen molar-refractivity contribution in [3.8, 4) is 11.5 Å². The Labute approximate surface area is 228 Å². The molecule has 3 aromatic carbocycles. The molecule has 0 radical (unpaired) electrons. The smallest absolute Gasteiger partial charge is 0.290 e. The van der Waals surface area contributed by atoms with Crippen LogP contribution in [0.5, 0.6) is 11.5 Å². The second-order valence-corrected chi connectivity index (χ2v) is 9.98. The van der Waals surface area contributed by atoms with Gasteiger partial charge in [0.15, 0.2) is 16.9 Å². The topological polar surface area (TPSA) is 72.2 Å².